The van der Waals surface area contributed by atoms with Crippen molar-refractivity contribution in [2.24, 2.45) is 0 Å². The van der Waals surface area contributed by atoms with E-state index in [2.05, 4.69) is 41.7 Å². The lowest BCUT2D eigenvalue weighted by atomic mass is 10.1. The molecule has 26 heavy (non-hydrogen) atoms. The number of hydrogen-bond donors (Lipinski definition) is 1. The van der Waals surface area contributed by atoms with Crippen LogP contribution in [0.15, 0.2) is 72.8 Å². The molecule has 0 fully saturated rings. The lowest BCUT2D eigenvalue weighted by Gasteiger charge is -2.10. The maximum atomic E-state index is 6.19. The fourth-order valence-corrected chi connectivity index (χ4v) is 3.12. The molecule has 2 nitrogen and oxygen atoms in total. The minimum Gasteiger partial charge on any atom is -0.489 e. The van der Waals surface area contributed by atoms with E-state index in [9.17, 15) is 0 Å². The molecular formula is C22H21Cl2NO. The normalized spacial score (nSPS) is 10.7. The van der Waals surface area contributed by atoms with Crippen LogP contribution in [0.5, 0.6) is 5.75 Å². The van der Waals surface area contributed by atoms with Gasteiger partial charge in [0.05, 0.1) is 0 Å². The molecular weight excluding hydrogens is 365 g/mol. The van der Waals surface area contributed by atoms with Crippen molar-refractivity contribution in [3.8, 4) is 5.75 Å². The SMILES string of the molecule is Clc1ccc(COc2cccc(CNCCc3ccccc3)c2)c(Cl)c1. The molecule has 0 radical (unpaired) electrons. The predicted octanol–water partition coefficient (Wildman–Crippen LogP) is 5.90. The van der Waals surface area contributed by atoms with Crippen molar-refractivity contribution in [1.82, 2.24) is 5.32 Å². The van der Waals surface area contributed by atoms with Crippen molar-refractivity contribution in [3.05, 3.63) is 99.5 Å². The van der Waals surface area contributed by atoms with Crippen molar-refractivity contribution in [1.29, 1.82) is 0 Å². The van der Waals surface area contributed by atoms with Gasteiger partial charge in [-0.2, -0.15) is 0 Å². The van der Waals surface area contributed by atoms with Gasteiger partial charge >= 0.3 is 0 Å². The Morgan fingerprint density at radius 2 is 1.62 bits per heavy atom. The summed E-state index contributed by atoms with van der Waals surface area (Å²) in [6.07, 6.45) is 1.02. The molecule has 134 valence electrons. The second-order valence-corrected chi connectivity index (χ2v) is 6.93. The van der Waals surface area contributed by atoms with Crippen molar-refractivity contribution < 1.29 is 4.74 Å². The first-order valence-corrected chi connectivity index (χ1v) is 9.36. The highest BCUT2D eigenvalue weighted by atomic mass is 35.5. The lowest BCUT2D eigenvalue weighted by molar-refractivity contribution is 0.306. The summed E-state index contributed by atoms with van der Waals surface area (Å²) in [6, 6.07) is 24.0. The van der Waals surface area contributed by atoms with Gasteiger partial charge in [0.25, 0.3) is 0 Å². The Hall–Kier alpha value is -2.00. The average Bonchev–Trinajstić information content (AvgIpc) is 2.66. The summed E-state index contributed by atoms with van der Waals surface area (Å²) in [5, 5.41) is 4.72. The van der Waals surface area contributed by atoms with Gasteiger partial charge in [-0.25, -0.2) is 0 Å². The monoisotopic (exact) mass is 385 g/mol. The molecule has 0 bridgehead atoms. The Bertz CT molecular complexity index is 837. The van der Waals surface area contributed by atoms with E-state index in [-0.39, 0.29) is 0 Å². The van der Waals surface area contributed by atoms with E-state index in [1.807, 2.05) is 30.3 Å². The second-order valence-electron chi connectivity index (χ2n) is 6.08. The molecule has 0 heterocycles. The summed E-state index contributed by atoms with van der Waals surface area (Å²) in [5.41, 5.74) is 3.46. The number of halogens is 2. The summed E-state index contributed by atoms with van der Waals surface area (Å²) in [6.45, 7) is 2.17. The molecule has 0 amide bonds. The van der Waals surface area contributed by atoms with Gasteiger partial charge in [-0.3, -0.25) is 0 Å². The molecule has 0 atom stereocenters. The number of ether oxygens (including phenoxy) is 1. The smallest absolute Gasteiger partial charge is 0.120 e. The summed E-state index contributed by atoms with van der Waals surface area (Å²) in [7, 11) is 0. The maximum absolute atomic E-state index is 6.19. The van der Waals surface area contributed by atoms with Crippen molar-refractivity contribution in [3.63, 3.8) is 0 Å². The van der Waals surface area contributed by atoms with Gasteiger partial charge in [0, 0.05) is 22.2 Å². The molecule has 0 aliphatic rings. The van der Waals surface area contributed by atoms with Gasteiger partial charge < -0.3 is 10.1 Å². The molecule has 0 aromatic heterocycles. The first kappa shape index (κ1) is 18.8. The molecule has 3 aromatic rings. The first-order chi connectivity index (χ1) is 12.7. The van der Waals surface area contributed by atoms with E-state index in [1.165, 1.54) is 11.1 Å². The predicted molar refractivity (Wildman–Crippen MR) is 109 cm³/mol. The average molecular weight is 386 g/mol. The number of nitrogens with one attached hydrogen (secondary N) is 1. The van der Waals surface area contributed by atoms with Gasteiger partial charge in [0.2, 0.25) is 0 Å². The molecule has 0 saturated carbocycles. The van der Waals surface area contributed by atoms with E-state index >= 15 is 0 Å². The van der Waals surface area contributed by atoms with Gasteiger partial charge in [-0.1, -0.05) is 71.7 Å². The van der Waals surface area contributed by atoms with E-state index < -0.39 is 0 Å². The molecule has 1 N–H and O–H groups in total. The zero-order valence-electron chi connectivity index (χ0n) is 14.4. The van der Waals surface area contributed by atoms with Crippen LogP contribution in [0.3, 0.4) is 0 Å². The van der Waals surface area contributed by atoms with Gasteiger partial charge in [0.1, 0.15) is 12.4 Å². The third-order valence-electron chi connectivity index (χ3n) is 4.07. The topological polar surface area (TPSA) is 21.3 Å². The van der Waals surface area contributed by atoms with E-state index in [0.717, 1.165) is 30.8 Å². The van der Waals surface area contributed by atoms with Crippen LogP contribution in [0.4, 0.5) is 0 Å². The van der Waals surface area contributed by atoms with Crippen LogP contribution in [0.2, 0.25) is 10.0 Å². The Morgan fingerprint density at radius 3 is 2.42 bits per heavy atom. The maximum Gasteiger partial charge on any atom is 0.120 e. The largest absolute Gasteiger partial charge is 0.489 e. The fraction of sp³-hybridized carbons (Fsp3) is 0.182. The quantitative estimate of drug-likeness (QED) is 0.487. The summed E-state index contributed by atoms with van der Waals surface area (Å²) < 4.78 is 5.87. The van der Waals surface area contributed by atoms with Gasteiger partial charge in [-0.15, -0.1) is 0 Å². The summed E-state index contributed by atoms with van der Waals surface area (Å²) >= 11 is 12.1. The fourth-order valence-electron chi connectivity index (χ4n) is 2.66. The Kier molecular flexibility index (Phi) is 6.96. The van der Waals surface area contributed by atoms with Crippen LogP contribution in [0.1, 0.15) is 16.7 Å². The van der Waals surface area contributed by atoms with Crippen molar-refractivity contribution in [2.45, 2.75) is 19.6 Å². The van der Waals surface area contributed by atoms with Gasteiger partial charge in [0.15, 0.2) is 0 Å². The molecule has 0 saturated heterocycles. The standard InChI is InChI=1S/C22H21Cl2NO/c23-20-10-9-19(22(24)14-20)16-26-21-8-4-7-18(13-21)15-25-12-11-17-5-2-1-3-6-17/h1-10,13-14,25H,11-12,15-16H2. The van der Waals surface area contributed by atoms with Crippen LogP contribution < -0.4 is 10.1 Å². The number of hydrogen-bond acceptors (Lipinski definition) is 2. The Morgan fingerprint density at radius 1 is 0.808 bits per heavy atom. The molecule has 0 aliphatic heterocycles. The van der Waals surface area contributed by atoms with Crippen LogP contribution >= 0.6 is 23.2 Å². The highest BCUT2D eigenvalue weighted by molar-refractivity contribution is 6.35. The number of rotatable bonds is 8. The van der Waals surface area contributed by atoms with E-state index in [1.54, 1.807) is 6.07 Å². The highest BCUT2D eigenvalue weighted by Gasteiger charge is 2.03. The molecule has 0 unspecified atom stereocenters. The zero-order chi connectivity index (χ0) is 18.2. The molecule has 3 rings (SSSR count). The molecule has 0 spiro atoms. The van der Waals surface area contributed by atoms with Crippen molar-refractivity contribution >= 4 is 23.2 Å². The Balaban J connectivity index is 1.48. The molecule has 4 heteroatoms. The van der Waals surface area contributed by atoms with Crippen LogP contribution in [-0.2, 0) is 19.6 Å². The summed E-state index contributed by atoms with van der Waals surface area (Å²) in [4.78, 5) is 0. The third-order valence-corrected chi connectivity index (χ3v) is 4.66. The van der Waals surface area contributed by atoms with Crippen molar-refractivity contribution in [2.75, 3.05) is 6.54 Å². The van der Waals surface area contributed by atoms with E-state index in [4.69, 9.17) is 27.9 Å². The second kappa shape index (κ2) is 9.63. The van der Waals surface area contributed by atoms with Crippen LogP contribution in [0, 0.1) is 0 Å². The molecule has 0 aliphatic carbocycles. The van der Waals surface area contributed by atoms with Crippen LogP contribution in [0.25, 0.3) is 0 Å². The first-order valence-electron chi connectivity index (χ1n) is 8.61. The number of benzene rings is 3. The minimum absolute atomic E-state index is 0.418. The van der Waals surface area contributed by atoms with Crippen LogP contribution in [-0.4, -0.2) is 6.54 Å². The Labute approximate surface area is 164 Å². The van der Waals surface area contributed by atoms with E-state index in [0.29, 0.717) is 16.7 Å². The van der Waals surface area contributed by atoms with Gasteiger partial charge in [-0.05, 0) is 48.4 Å². The third kappa shape index (κ3) is 5.77. The molecule has 3 aromatic carbocycles. The zero-order valence-corrected chi connectivity index (χ0v) is 15.9. The summed E-state index contributed by atoms with van der Waals surface area (Å²) in [5.74, 6) is 0.832. The lowest BCUT2D eigenvalue weighted by Crippen LogP contribution is -2.16. The highest BCUT2D eigenvalue weighted by Crippen LogP contribution is 2.23. The minimum atomic E-state index is 0.418.